The van der Waals surface area contributed by atoms with Gasteiger partial charge in [-0.25, -0.2) is 4.98 Å². The molecule has 8 nitrogen and oxygen atoms in total. The Morgan fingerprint density at radius 2 is 1.70 bits per heavy atom. The summed E-state index contributed by atoms with van der Waals surface area (Å²) in [6.45, 7) is 18.2. The molecule has 2 atom stereocenters. The van der Waals surface area contributed by atoms with Crippen molar-refractivity contribution >= 4 is 45.2 Å². The summed E-state index contributed by atoms with van der Waals surface area (Å²) in [5.74, 6) is 0.281. The number of allylic oxidation sites excluding steroid dienone is 2. The number of nitrogens with zero attached hydrogens (tertiary/aromatic N) is 3. The number of aromatic nitrogens is 4. The zero-order valence-electron chi connectivity index (χ0n) is 28.5. The van der Waals surface area contributed by atoms with Crippen LogP contribution in [0.15, 0.2) is 30.8 Å². The van der Waals surface area contributed by atoms with Crippen LogP contribution in [0.4, 0.5) is 0 Å². The molecule has 0 fully saturated rings. The predicted octanol–water partition coefficient (Wildman–Crippen LogP) is 7.36. The fraction of sp³-hybridized carbons (Fsp3) is 0.432. The van der Waals surface area contributed by atoms with Gasteiger partial charge in [-0.1, -0.05) is 26.5 Å². The van der Waals surface area contributed by atoms with Crippen LogP contribution in [0.2, 0.25) is 0 Å². The van der Waals surface area contributed by atoms with Gasteiger partial charge in [-0.15, -0.1) is 0 Å². The molecule has 2 aliphatic heterocycles. The number of hydrogen-bond acceptors (Lipinski definition) is 5. The first kappa shape index (κ1) is 35.5. The van der Waals surface area contributed by atoms with Crippen LogP contribution in [0, 0.1) is 20.8 Å². The van der Waals surface area contributed by atoms with E-state index in [0.29, 0.717) is 26.0 Å². The molecule has 0 aromatic carbocycles. The summed E-state index contributed by atoms with van der Waals surface area (Å²) in [6, 6.07) is 8.68. The van der Waals surface area contributed by atoms with Crippen molar-refractivity contribution < 1.29 is 34.1 Å². The van der Waals surface area contributed by atoms with E-state index in [-0.39, 0.29) is 50.4 Å². The summed E-state index contributed by atoms with van der Waals surface area (Å²) < 4.78 is 5.37. The minimum Gasteiger partial charge on any atom is -0.394 e. The topological polar surface area (TPSA) is 107 Å². The second-order valence-corrected chi connectivity index (χ2v) is 12.4. The number of amides is 1. The maximum absolute atomic E-state index is 13.1. The Hall–Kier alpha value is -3.39. The van der Waals surface area contributed by atoms with Gasteiger partial charge in [0.1, 0.15) is 0 Å². The summed E-state index contributed by atoms with van der Waals surface area (Å²) in [4.78, 5) is 32.5. The number of ether oxygens (including phenoxy) is 1. The Morgan fingerprint density at radius 1 is 1.00 bits per heavy atom. The minimum atomic E-state index is -0.0217. The van der Waals surface area contributed by atoms with Crippen molar-refractivity contribution in [3.8, 4) is 0 Å². The second kappa shape index (κ2) is 15.0. The van der Waals surface area contributed by atoms with E-state index in [4.69, 9.17) is 19.8 Å². The van der Waals surface area contributed by atoms with Crippen molar-refractivity contribution in [2.24, 2.45) is 0 Å². The van der Waals surface area contributed by atoms with Gasteiger partial charge in [0.2, 0.25) is 5.91 Å². The van der Waals surface area contributed by atoms with Crippen molar-refractivity contribution in [2.45, 2.75) is 72.6 Å². The molecule has 5 rings (SSSR count). The van der Waals surface area contributed by atoms with Crippen molar-refractivity contribution in [3.63, 3.8) is 0 Å². The third-order valence-corrected chi connectivity index (χ3v) is 9.58. The van der Waals surface area contributed by atoms with Crippen LogP contribution in [0.1, 0.15) is 96.9 Å². The fourth-order valence-electron chi connectivity index (χ4n) is 6.64. The van der Waals surface area contributed by atoms with Gasteiger partial charge >= 0.3 is 0 Å². The summed E-state index contributed by atoms with van der Waals surface area (Å²) >= 11 is 0. The summed E-state index contributed by atoms with van der Waals surface area (Å²) in [6.07, 6.45) is 3.91. The Kier molecular flexibility index (Phi) is 11.6. The SMILES string of the molecule is C=Cc1c(C)c2cc3nc(c(C)c4cc(C)c(cc5nc(cc1[nH]2)C(C)=C5CC)[nH]4)[C@@H](CCC(=O)N(C)CCOCCO)[C@@H]3C.[Zn]. The number of H-pyrrole nitrogens is 2. The molecule has 0 aliphatic carbocycles. The number of nitrogens with one attached hydrogen (secondary N) is 2. The Morgan fingerprint density at radius 3 is 2.39 bits per heavy atom. The number of aliphatic hydroxyl groups excluding tert-OH is 1. The van der Waals surface area contributed by atoms with Gasteiger partial charge in [-0.3, -0.25) is 9.78 Å². The molecule has 240 valence electrons. The van der Waals surface area contributed by atoms with Crippen LogP contribution in [0.3, 0.4) is 0 Å². The third kappa shape index (κ3) is 6.97. The minimum absolute atomic E-state index is 0. The number of carbonyl (C=O) groups is 1. The molecule has 3 aromatic rings. The number of aromatic amines is 2. The van der Waals surface area contributed by atoms with Crippen LogP contribution in [0.5, 0.6) is 0 Å². The van der Waals surface area contributed by atoms with Crippen molar-refractivity contribution in [1.82, 2.24) is 24.8 Å². The van der Waals surface area contributed by atoms with Gasteiger partial charge in [0.15, 0.2) is 0 Å². The normalized spacial score (nSPS) is 16.0. The van der Waals surface area contributed by atoms with Crippen LogP contribution in [0.25, 0.3) is 39.3 Å². The third-order valence-electron chi connectivity index (χ3n) is 9.58. The number of fused-ring (bicyclic) bond motifs is 8. The summed E-state index contributed by atoms with van der Waals surface area (Å²) in [5, 5.41) is 8.95. The van der Waals surface area contributed by atoms with Crippen LogP contribution < -0.4 is 0 Å². The zero-order chi connectivity index (χ0) is 32.4. The molecule has 2 aliphatic rings. The number of rotatable bonds is 10. The molecule has 0 radical (unpaired) electrons. The van der Waals surface area contributed by atoms with Crippen LogP contribution in [-0.4, -0.2) is 69.3 Å². The molecule has 0 saturated carbocycles. The first-order chi connectivity index (χ1) is 21.6. The van der Waals surface area contributed by atoms with E-state index in [1.165, 1.54) is 11.1 Å². The van der Waals surface area contributed by atoms with Crippen LogP contribution in [-0.2, 0) is 29.0 Å². The van der Waals surface area contributed by atoms with Crippen molar-refractivity contribution in [1.29, 1.82) is 0 Å². The second-order valence-electron chi connectivity index (χ2n) is 12.4. The van der Waals surface area contributed by atoms with Gasteiger partial charge in [-0.2, -0.15) is 0 Å². The fourth-order valence-corrected chi connectivity index (χ4v) is 6.64. The molecule has 8 bridgehead atoms. The van der Waals surface area contributed by atoms with Crippen molar-refractivity contribution in [3.05, 3.63) is 75.9 Å². The first-order valence-electron chi connectivity index (χ1n) is 16.0. The summed E-state index contributed by atoms with van der Waals surface area (Å²) in [5.41, 5.74) is 14.9. The quantitative estimate of drug-likeness (QED) is 0.154. The summed E-state index contributed by atoms with van der Waals surface area (Å²) in [7, 11) is 1.81. The number of likely N-dealkylation sites (N-methyl/N-ethyl adjacent to an activating group) is 1. The molecular weight excluding hydrogens is 628 g/mol. The molecule has 9 heteroatoms. The molecule has 0 saturated heterocycles. The zero-order valence-corrected chi connectivity index (χ0v) is 31.5. The Bertz CT molecular complexity index is 1820. The molecule has 3 aromatic heterocycles. The molecule has 0 spiro atoms. The molecule has 5 heterocycles. The van der Waals surface area contributed by atoms with E-state index in [1.807, 2.05) is 13.1 Å². The van der Waals surface area contributed by atoms with E-state index in [0.717, 1.165) is 73.5 Å². The molecule has 1 amide bonds. The smallest absolute Gasteiger partial charge is 0.222 e. The number of aliphatic hydroxyl groups is 1. The van der Waals surface area contributed by atoms with E-state index >= 15 is 0 Å². The maximum atomic E-state index is 13.1. The van der Waals surface area contributed by atoms with Gasteiger partial charge in [0.05, 0.1) is 31.2 Å². The molecule has 3 N–H and O–H groups in total. The predicted molar refractivity (Wildman–Crippen MR) is 184 cm³/mol. The molecular formula is C37H47N5O3Zn. The average Bonchev–Trinajstić information content (AvgIpc) is 3.72. The number of hydrogen-bond donors (Lipinski definition) is 3. The standard InChI is InChI=1S/C37H47N5O3.Zn/c1-9-26-23(5)32-20-35-27(10-2)22(4)31(39-35)19-33-24(6)28(11-12-36(44)42(8)13-15-45-16-14-43)37(41-33)25(7)30-17-21(3)29(38-30)18-34(26)40-32;/h10,17-20,24,28,38-39,43H,2,9,11-16H2,1,3-8H3;/t24-,28-;/m0./s1. The van der Waals surface area contributed by atoms with E-state index in [9.17, 15) is 4.79 Å². The first-order valence-corrected chi connectivity index (χ1v) is 16.0. The Labute approximate surface area is 285 Å². The van der Waals surface area contributed by atoms with E-state index in [2.05, 4.69) is 82.4 Å². The maximum Gasteiger partial charge on any atom is 0.222 e. The molecule has 46 heavy (non-hydrogen) atoms. The van der Waals surface area contributed by atoms with Crippen molar-refractivity contribution in [2.75, 3.05) is 33.4 Å². The average molecular weight is 675 g/mol. The molecule has 0 unspecified atom stereocenters. The Balaban J connectivity index is 0.00000480. The van der Waals surface area contributed by atoms with Gasteiger partial charge < -0.3 is 24.7 Å². The van der Waals surface area contributed by atoms with Gasteiger partial charge in [0, 0.05) is 90.3 Å². The number of carbonyl (C=O) groups excluding carboxylic acids is 1. The largest absolute Gasteiger partial charge is 0.394 e. The van der Waals surface area contributed by atoms with Gasteiger partial charge in [-0.05, 0) is 92.6 Å². The van der Waals surface area contributed by atoms with E-state index in [1.54, 1.807) is 4.90 Å². The van der Waals surface area contributed by atoms with Gasteiger partial charge in [0.25, 0.3) is 0 Å². The van der Waals surface area contributed by atoms with E-state index < -0.39 is 0 Å². The van der Waals surface area contributed by atoms with Crippen LogP contribution >= 0.6 is 0 Å². The number of aryl methyl sites for hydroxylation is 3. The monoisotopic (exact) mass is 673 g/mol.